The molecule has 1 fully saturated rings. The van der Waals surface area contributed by atoms with Crippen molar-refractivity contribution >= 4 is 12.1 Å². The van der Waals surface area contributed by atoms with Crippen LogP contribution in [-0.2, 0) is 19.4 Å². The Labute approximate surface area is 211 Å². The minimum Gasteiger partial charge on any atom is -0.389 e. The maximum absolute atomic E-state index is 13.4. The van der Waals surface area contributed by atoms with Gasteiger partial charge < -0.3 is 15.7 Å². The van der Waals surface area contributed by atoms with E-state index < -0.39 is 5.60 Å². The van der Waals surface area contributed by atoms with E-state index in [1.165, 1.54) is 17.7 Å². The molecule has 188 valence electrons. The number of benzene rings is 2. The molecule has 0 spiro atoms. The van der Waals surface area contributed by atoms with Gasteiger partial charge in [0, 0.05) is 18.5 Å². The van der Waals surface area contributed by atoms with Crippen molar-refractivity contribution in [2.45, 2.75) is 58.1 Å². The molecule has 1 heterocycles. The van der Waals surface area contributed by atoms with Crippen LogP contribution in [0.15, 0.2) is 60.3 Å². The molecule has 2 aliphatic rings. The largest absolute Gasteiger partial charge is 0.389 e. The average Bonchev–Trinajstić information content (AvgIpc) is 3.38. The second-order valence-electron chi connectivity index (χ2n) is 10.1. The lowest BCUT2D eigenvalue weighted by atomic mass is 9.65. The summed E-state index contributed by atoms with van der Waals surface area (Å²) in [5, 5.41) is 22.2. The van der Waals surface area contributed by atoms with E-state index in [-0.39, 0.29) is 17.3 Å². The van der Waals surface area contributed by atoms with Crippen LogP contribution < -0.4 is 10.6 Å². The van der Waals surface area contributed by atoms with Gasteiger partial charge in [0.2, 0.25) is 0 Å². The number of fused-ring (bicyclic) bond motifs is 2. The molecule has 0 aliphatic heterocycles. The summed E-state index contributed by atoms with van der Waals surface area (Å²) in [4.78, 5) is 11.9. The third kappa shape index (κ3) is 4.32. The number of aryl methyl sites for hydroxylation is 1. The van der Waals surface area contributed by atoms with Crippen molar-refractivity contribution in [3.05, 3.63) is 88.5 Å². The van der Waals surface area contributed by atoms with Gasteiger partial charge in [-0.05, 0) is 86.1 Å². The molecule has 3 aromatic rings. The zero-order valence-corrected chi connectivity index (χ0v) is 20.9. The summed E-state index contributed by atoms with van der Waals surface area (Å²) in [5.74, 6) is -0.270. The predicted molar refractivity (Wildman–Crippen MR) is 138 cm³/mol. The highest BCUT2D eigenvalue weighted by molar-refractivity contribution is 5.73. The molecular formula is C29H33FN4O2. The fourth-order valence-electron chi connectivity index (χ4n) is 5.83. The highest BCUT2D eigenvalue weighted by Crippen LogP contribution is 2.56. The van der Waals surface area contributed by atoms with Crippen LogP contribution in [0.25, 0.3) is 11.8 Å². The number of nitrogens with zero attached hydrogens (tertiary/aromatic N) is 2. The fraction of sp³-hybridized carbons (Fsp3) is 0.379. The van der Waals surface area contributed by atoms with Crippen molar-refractivity contribution in [1.82, 2.24) is 20.4 Å². The van der Waals surface area contributed by atoms with E-state index in [1.807, 2.05) is 36.0 Å². The van der Waals surface area contributed by atoms with Gasteiger partial charge >= 0.3 is 6.03 Å². The first kappa shape index (κ1) is 24.3. The van der Waals surface area contributed by atoms with Gasteiger partial charge in [-0.3, -0.25) is 0 Å². The standard InChI is InChI=1S/C29H33FN4O2/c1-3-31-27(35)32-18-21-7-5-4-6-20(21)12-14-29(36)15-13-23-16-26-22(17-28(23,29)2)19-33-34(26)25-10-8-24(30)9-11-25/h4-11,16,19,36H,3,12-15,17-18H2,1-2H3,(H2,31,32,35)/t28-,29-/m0/s1. The van der Waals surface area contributed by atoms with Crippen LogP contribution in [-0.4, -0.2) is 33.1 Å². The van der Waals surface area contributed by atoms with E-state index in [2.05, 4.69) is 34.8 Å². The number of urea groups is 1. The Hall–Kier alpha value is -3.45. The minimum absolute atomic E-state index is 0.178. The SMILES string of the molecule is CCNC(=O)NCc1ccccc1CC[C@]1(O)CCC2=Cc3c(cnn3-c3ccc(F)cc3)C[C@@]21C. The average molecular weight is 489 g/mol. The molecule has 5 rings (SSSR count). The summed E-state index contributed by atoms with van der Waals surface area (Å²) < 4.78 is 15.3. The molecule has 0 saturated heterocycles. The molecule has 36 heavy (non-hydrogen) atoms. The second-order valence-corrected chi connectivity index (χ2v) is 10.1. The van der Waals surface area contributed by atoms with E-state index in [9.17, 15) is 14.3 Å². The summed E-state index contributed by atoms with van der Waals surface area (Å²) in [7, 11) is 0. The highest BCUT2D eigenvalue weighted by atomic mass is 19.1. The number of carbonyl (C=O) groups is 1. The summed E-state index contributed by atoms with van der Waals surface area (Å²) in [5.41, 5.74) is 5.18. The van der Waals surface area contributed by atoms with Gasteiger partial charge in [-0.2, -0.15) is 5.10 Å². The van der Waals surface area contributed by atoms with E-state index >= 15 is 0 Å². The minimum atomic E-state index is -0.839. The van der Waals surface area contributed by atoms with Crippen LogP contribution in [0.3, 0.4) is 0 Å². The lowest BCUT2D eigenvalue weighted by Crippen LogP contribution is -2.45. The van der Waals surface area contributed by atoms with Crippen LogP contribution in [0.2, 0.25) is 0 Å². The molecule has 2 aliphatic carbocycles. The highest BCUT2D eigenvalue weighted by Gasteiger charge is 2.54. The smallest absolute Gasteiger partial charge is 0.315 e. The normalized spacial score (nSPS) is 22.5. The van der Waals surface area contributed by atoms with Gasteiger partial charge in [-0.15, -0.1) is 0 Å². The lowest BCUT2D eigenvalue weighted by molar-refractivity contribution is -0.0461. The third-order valence-corrected chi connectivity index (χ3v) is 8.06. The number of amides is 2. The van der Waals surface area contributed by atoms with Gasteiger partial charge in [0.05, 0.1) is 23.2 Å². The van der Waals surface area contributed by atoms with Crippen molar-refractivity contribution in [3.63, 3.8) is 0 Å². The maximum Gasteiger partial charge on any atom is 0.315 e. The quantitative estimate of drug-likeness (QED) is 0.441. The first-order chi connectivity index (χ1) is 17.3. The van der Waals surface area contributed by atoms with Gasteiger partial charge in [0.25, 0.3) is 0 Å². The summed E-state index contributed by atoms with van der Waals surface area (Å²) in [6, 6.07) is 14.3. The van der Waals surface area contributed by atoms with E-state index in [1.54, 1.807) is 12.1 Å². The van der Waals surface area contributed by atoms with Crippen molar-refractivity contribution < 1.29 is 14.3 Å². The van der Waals surface area contributed by atoms with Gasteiger partial charge in [0.15, 0.2) is 0 Å². The Morgan fingerprint density at radius 3 is 2.64 bits per heavy atom. The van der Waals surface area contributed by atoms with E-state index in [4.69, 9.17) is 0 Å². The van der Waals surface area contributed by atoms with Crippen LogP contribution in [0.1, 0.15) is 55.5 Å². The number of halogens is 1. The lowest BCUT2D eigenvalue weighted by Gasteiger charge is -2.42. The number of rotatable bonds is 7. The zero-order valence-electron chi connectivity index (χ0n) is 20.9. The molecule has 2 atom stereocenters. The molecule has 2 amide bonds. The van der Waals surface area contributed by atoms with Gasteiger partial charge in [-0.1, -0.05) is 36.8 Å². The van der Waals surface area contributed by atoms with Crippen molar-refractivity contribution in [2.75, 3.05) is 6.54 Å². The number of hydrogen-bond donors (Lipinski definition) is 3. The molecular weight excluding hydrogens is 455 g/mol. The summed E-state index contributed by atoms with van der Waals surface area (Å²) >= 11 is 0. The third-order valence-electron chi connectivity index (χ3n) is 8.06. The van der Waals surface area contributed by atoms with Crippen molar-refractivity contribution in [1.29, 1.82) is 0 Å². The summed E-state index contributed by atoms with van der Waals surface area (Å²) in [6.07, 6.45) is 7.68. The Morgan fingerprint density at radius 2 is 1.89 bits per heavy atom. The molecule has 0 bridgehead atoms. The van der Waals surface area contributed by atoms with Crippen LogP contribution in [0.4, 0.5) is 9.18 Å². The first-order valence-electron chi connectivity index (χ1n) is 12.7. The molecule has 1 aromatic heterocycles. The zero-order chi connectivity index (χ0) is 25.3. The van der Waals surface area contributed by atoms with Crippen molar-refractivity contribution in [2.24, 2.45) is 5.41 Å². The Kier molecular flexibility index (Phi) is 6.43. The van der Waals surface area contributed by atoms with E-state index in [0.29, 0.717) is 32.4 Å². The Balaban J connectivity index is 1.34. The molecule has 3 N–H and O–H groups in total. The van der Waals surface area contributed by atoms with Gasteiger partial charge in [-0.25, -0.2) is 13.9 Å². The van der Waals surface area contributed by atoms with E-state index in [0.717, 1.165) is 40.9 Å². The number of aliphatic hydroxyl groups is 1. The van der Waals surface area contributed by atoms with Gasteiger partial charge in [0.1, 0.15) is 5.82 Å². The number of carbonyl (C=O) groups excluding carboxylic acids is 1. The molecule has 0 radical (unpaired) electrons. The summed E-state index contributed by atoms with van der Waals surface area (Å²) in [6.45, 7) is 5.10. The molecule has 2 aromatic carbocycles. The Morgan fingerprint density at radius 1 is 1.14 bits per heavy atom. The fourth-order valence-corrected chi connectivity index (χ4v) is 5.83. The van der Waals surface area contributed by atoms with Crippen LogP contribution in [0, 0.1) is 11.2 Å². The molecule has 1 saturated carbocycles. The number of hydrogen-bond acceptors (Lipinski definition) is 3. The maximum atomic E-state index is 13.4. The predicted octanol–water partition coefficient (Wildman–Crippen LogP) is 4.93. The van der Waals surface area contributed by atoms with Crippen LogP contribution >= 0.6 is 0 Å². The topological polar surface area (TPSA) is 79.2 Å². The number of aromatic nitrogens is 2. The van der Waals surface area contributed by atoms with Crippen LogP contribution in [0.5, 0.6) is 0 Å². The first-order valence-corrected chi connectivity index (χ1v) is 12.7. The second kappa shape index (κ2) is 9.54. The Bertz CT molecular complexity index is 1300. The monoisotopic (exact) mass is 488 g/mol. The molecule has 6 nitrogen and oxygen atoms in total. The molecule has 0 unspecified atom stereocenters. The molecule has 7 heteroatoms. The number of nitrogens with one attached hydrogen (secondary N) is 2. The van der Waals surface area contributed by atoms with Crippen molar-refractivity contribution in [3.8, 4) is 5.69 Å².